The summed E-state index contributed by atoms with van der Waals surface area (Å²) in [5, 5.41) is 19.9. The molecule has 0 aliphatic rings. The van der Waals surface area contributed by atoms with Gasteiger partial charge in [-0.3, -0.25) is 10.1 Å². The molecule has 1 aromatic carbocycles. The summed E-state index contributed by atoms with van der Waals surface area (Å²) in [5.41, 5.74) is 0.614. The first-order valence-electron chi connectivity index (χ1n) is 4.65. The van der Waals surface area contributed by atoms with E-state index in [0.29, 0.717) is 12.0 Å². The number of para-hydroxylation sites is 1. The molecule has 0 radical (unpaired) electrons. The lowest BCUT2D eigenvalue weighted by atomic mass is 9.95. The molecule has 80 valence electrons. The Bertz CT molecular complexity index is 363. The maximum Gasteiger partial charge on any atom is 0.272 e. The van der Waals surface area contributed by atoms with Crippen molar-refractivity contribution >= 4 is 5.69 Å². The molecule has 0 amide bonds. The molecule has 0 bridgehead atoms. The van der Waals surface area contributed by atoms with Gasteiger partial charge in [0.25, 0.3) is 5.69 Å². The molecule has 0 saturated heterocycles. The molecule has 4 nitrogen and oxygen atoms in total. The van der Waals surface area contributed by atoms with Crippen LogP contribution >= 0.6 is 0 Å². The van der Waals surface area contributed by atoms with E-state index in [9.17, 15) is 10.1 Å². The normalized spacial score (nSPS) is 12.1. The number of hydrogen-bond donors (Lipinski definition) is 1. The molecule has 0 spiro atoms. The second-order valence-electron chi connectivity index (χ2n) is 3.22. The van der Waals surface area contributed by atoms with Crippen LogP contribution in [-0.2, 0) is 0 Å². The number of nitro benzene ring substituents is 1. The number of allylic oxidation sites excluding steroid dienone is 1. The summed E-state index contributed by atoms with van der Waals surface area (Å²) >= 11 is 0. The SMILES string of the molecule is C=CCC(CO)c1ccccc1[N+](=O)[O-]. The van der Waals surface area contributed by atoms with Gasteiger partial charge < -0.3 is 5.11 Å². The first-order chi connectivity index (χ1) is 7.20. The highest BCUT2D eigenvalue weighted by Crippen LogP contribution is 2.28. The molecular weight excluding hydrogens is 194 g/mol. The van der Waals surface area contributed by atoms with Crippen molar-refractivity contribution in [3.8, 4) is 0 Å². The summed E-state index contributed by atoms with van der Waals surface area (Å²) in [4.78, 5) is 10.3. The van der Waals surface area contributed by atoms with Gasteiger partial charge in [0.2, 0.25) is 0 Å². The average Bonchev–Trinajstić information content (AvgIpc) is 2.26. The third-order valence-electron chi connectivity index (χ3n) is 2.24. The van der Waals surface area contributed by atoms with Gasteiger partial charge in [-0.1, -0.05) is 24.3 Å². The molecule has 0 aliphatic heterocycles. The molecule has 0 saturated carbocycles. The Hall–Kier alpha value is -1.68. The van der Waals surface area contributed by atoms with Crippen molar-refractivity contribution in [1.82, 2.24) is 0 Å². The Balaban J connectivity index is 3.09. The van der Waals surface area contributed by atoms with Gasteiger partial charge in [0.05, 0.1) is 11.5 Å². The minimum Gasteiger partial charge on any atom is -0.396 e. The van der Waals surface area contributed by atoms with Gasteiger partial charge in [0.1, 0.15) is 0 Å². The van der Waals surface area contributed by atoms with Crippen LogP contribution in [0.15, 0.2) is 36.9 Å². The molecule has 4 heteroatoms. The first-order valence-corrected chi connectivity index (χ1v) is 4.65. The van der Waals surface area contributed by atoms with Crippen LogP contribution in [0.25, 0.3) is 0 Å². The van der Waals surface area contributed by atoms with Gasteiger partial charge in [0.15, 0.2) is 0 Å². The van der Waals surface area contributed by atoms with E-state index in [1.54, 1.807) is 24.3 Å². The van der Waals surface area contributed by atoms with Gasteiger partial charge in [-0.2, -0.15) is 0 Å². The van der Waals surface area contributed by atoms with Crippen LogP contribution in [0.1, 0.15) is 17.9 Å². The van der Waals surface area contributed by atoms with Crippen LogP contribution in [-0.4, -0.2) is 16.6 Å². The molecular formula is C11H13NO3. The van der Waals surface area contributed by atoms with E-state index in [2.05, 4.69) is 6.58 Å². The summed E-state index contributed by atoms with van der Waals surface area (Å²) < 4.78 is 0. The van der Waals surface area contributed by atoms with E-state index < -0.39 is 4.92 Å². The number of benzene rings is 1. The largest absolute Gasteiger partial charge is 0.396 e. The van der Waals surface area contributed by atoms with Crippen LogP contribution in [0.2, 0.25) is 0 Å². The van der Waals surface area contributed by atoms with Crippen molar-refractivity contribution in [2.75, 3.05) is 6.61 Å². The van der Waals surface area contributed by atoms with Crippen LogP contribution in [0.4, 0.5) is 5.69 Å². The lowest BCUT2D eigenvalue weighted by molar-refractivity contribution is -0.385. The quantitative estimate of drug-likeness (QED) is 0.457. The molecule has 15 heavy (non-hydrogen) atoms. The average molecular weight is 207 g/mol. The van der Waals surface area contributed by atoms with Gasteiger partial charge in [0, 0.05) is 17.5 Å². The second-order valence-corrected chi connectivity index (χ2v) is 3.22. The monoisotopic (exact) mass is 207 g/mol. The van der Waals surface area contributed by atoms with Crippen LogP contribution in [0, 0.1) is 10.1 Å². The molecule has 0 aromatic heterocycles. The van der Waals surface area contributed by atoms with Crippen molar-refractivity contribution in [3.63, 3.8) is 0 Å². The number of rotatable bonds is 5. The van der Waals surface area contributed by atoms with E-state index in [1.807, 2.05) is 0 Å². The molecule has 1 rings (SSSR count). The maximum atomic E-state index is 10.7. The van der Waals surface area contributed by atoms with Crippen molar-refractivity contribution in [2.45, 2.75) is 12.3 Å². The molecule has 1 atom stereocenters. The Morgan fingerprint density at radius 1 is 1.53 bits per heavy atom. The number of hydrogen-bond acceptors (Lipinski definition) is 3. The number of aliphatic hydroxyl groups excluding tert-OH is 1. The fourth-order valence-electron chi connectivity index (χ4n) is 1.50. The van der Waals surface area contributed by atoms with Gasteiger partial charge >= 0.3 is 0 Å². The van der Waals surface area contributed by atoms with Crippen LogP contribution < -0.4 is 0 Å². The summed E-state index contributed by atoms with van der Waals surface area (Å²) in [6.07, 6.45) is 2.18. The zero-order chi connectivity index (χ0) is 11.3. The van der Waals surface area contributed by atoms with E-state index in [1.165, 1.54) is 6.07 Å². The van der Waals surface area contributed by atoms with Crippen molar-refractivity contribution in [1.29, 1.82) is 0 Å². The van der Waals surface area contributed by atoms with E-state index in [0.717, 1.165) is 0 Å². The Morgan fingerprint density at radius 2 is 2.20 bits per heavy atom. The summed E-state index contributed by atoms with van der Waals surface area (Å²) in [6, 6.07) is 6.46. The molecule has 1 unspecified atom stereocenters. The van der Waals surface area contributed by atoms with Crippen molar-refractivity contribution < 1.29 is 10.0 Å². The Kier molecular flexibility index (Phi) is 4.00. The smallest absolute Gasteiger partial charge is 0.272 e. The fraction of sp³-hybridized carbons (Fsp3) is 0.273. The zero-order valence-corrected chi connectivity index (χ0v) is 8.30. The predicted octanol–water partition coefficient (Wildman–Crippen LogP) is 2.25. The van der Waals surface area contributed by atoms with E-state index >= 15 is 0 Å². The minimum absolute atomic E-state index is 0.0541. The lowest BCUT2D eigenvalue weighted by Gasteiger charge is -2.11. The summed E-state index contributed by atoms with van der Waals surface area (Å²) in [5.74, 6) is -0.246. The number of nitro groups is 1. The molecule has 0 aliphatic carbocycles. The summed E-state index contributed by atoms with van der Waals surface area (Å²) in [6.45, 7) is 3.45. The summed E-state index contributed by atoms with van der Waals surface area (Å²) in [7, 11) is 0. The fourth-order valence-corrected chi connectivity index (χ4v) is 1.50. The topological polar surface area (TPSA) is 63.4 Å². The minimum atomic E-state index is -0.429. The highest BCUT2D eigenvalue weighted by atomic mass is 16.6. The second kappa shape index (κ2) is 5.26. The molecule has 1 N–H and O–H groups in total. The van der Waals surface area contributed by atoms with Crippen LogP contribution in [0.5, 0.6) is 0 Å². The predicted molar refractivity (Wildman–Crippen MR) is 57.7 cm³/mol. The van der Waals surface area contributed by atoms with Gasteiger partial charge in [-0.25, -0.2) is 0 Å². The third kappa shape index (κ3) is 2.63. The lowest BCUT2D eigenvalue weighted by Crippen LogP contribution is -2.06. The van der Waals surface area contributed by atoms with Gasteiger partial charge in [-0.05, 0) is 6.42 Å². The Labute approximate surface area is 88.0 Å². The number of nitrogens with zero attached hydrogens (tertiary/aromatic N) is 1. The molecule has 0 fully saturated rings. The van der Waals surface area contributed by atoms with E-state index in [-0.39, 0.29) is 18.2 Å². The number of aliphatic hydroxyl groups is 1. The molecule has 0 heterocycles. The standard InChI is InChI=1S/C11H13NO3/c1-2-5-9(8-13)10-6-3-4-7-11(10)12(14)15/h2-4,6-7,9,13H,1,5,8H2. The van der Waals surface area contributed by atoms with E-state index in [4.69, 9.17) is 5.11 Å². The molecule has 1 aromatic rings. The highest BCUT2D eigenvalue weighted by molar-refractivity contribution is 5.42. The van der Waals surface area contributed by atoms with Crippen molar-refractivity contribution in [3.05, 3.63) is 52.6 Å². The highest BCUT2D eigenvalue weighted by Gasteiger charge is 2.19. The third-order valence-corrected chi connectivity index (χ3v) is 2.24. The zero-order valence-electron chi connectivity index (χ0n) is 8.30. The van der Waals surface area contributed by atoms with Gasteiger partial charge in [-0.15, -0.1) is 6.58 Å². The maximum absolute atomic E-state index is 10.7. The Morgan fingerprint density at radius 3 is 2.73 bits per heavy atom. The van der Waals surface area contributed by atoms with Crippen LogP contribution in [0.3, 0.4) is 0 Å². The first kappa shape index (κ1) is 11.4. The van der Waals surface area contributed by atoms with Crippen molar-refractivity contribution in [2.24, 2.45) is 0 Å².